The number of amides is 1. The number of alkyl halides is 3. The molecule has 5 aliphatic rings. The number of halogens is 3. The molecule has 1 amide bonds. The van der Waals surface area contributed by atoms with E-state index < -0.39 is 12.0 Å². The summed E-state index contributed by atoms with van der Waals surface area (Å²) in [5, 5.41) is 23.3. The average Bonchev–Trinajstić information content (AvgIpc) is 3.00. The molecule has 2 aromatic rings. The van der Waals surface area contributed by atoms with E-state index in [1.807, 2.05) is 20.8 Å². The normalized spacial score (nSPS) is 29.5. The predicted molar refractivity (Wildman–Crippen MR) is 174 cm³/mol. The van der Waals surface area contributed by atoms with Gasteiger partial charge in [-0.25, -0.2) is 9.78 Å². The third-order valence-corrected chi connectivity index (χ3v) is 10.5. The number of para-hydroxylation sites is 1. The Morgan fingerprint density at radius 3 is 2.38 bits per heavy atom. The van der Waals surface area contributed by atoms with Crippen LogP contribution in [-0.4, -0.2) is 52.7 Å². The molecule has 5 atom stereocenters. The van der Waals surface area contributed by atoms with Crippen LogP contribution < -0.4 is 26.0 Å². The molecule has 5 saturated carbocycles. The van der Waals surface area contributed by atoms with Crippen LogP contribution in [0.2, 0.25) is 0 Å². The van der Waals surface area contributed by atoms with Gasteiger partial charge < -0.3 is 30.7 Å². The highest BCUT2D eigenvalue weighted by molar-refractivity contribution is 5.68. The van der Waals surface area contributed by atoms with Crippen LogP contribution in [0.25, 0.3) is 0 Å². The first-order chi connectivity index (χ1) is 22.8. The number of nitrogens with zero attached hydrogens (tertiary/aromatic N) is 3. The quantitative estimate of drug-likeness (QED) is 0.213. The first-order valence-corrected chi connectivity index (χ1v) is 17.1. The molecule has 260 valence electrons. The molecule has 7 rings (SSSR count). The number of hydrogen-bond acceptors (Lipinski definition) is 9. The molecule has 0 radical (unpaired) electrons. The Hall–Kier alpha value is -3.79. The van der Waals surface area contributed by atoms with Gasteiger partial charge in [-0.05, 0) is 108 Å². The van der Waals surface area contributed by atoms with Crippen molar-refractivity contribution in [2.45, 2.75) is 115 Å². The Labute approximate surface area is 280 Å². The van der Waals surface area contributed by atoms with E-state index in [2.05, 4.69) is 42.0 Å². The summed E-state index contributed by atoms with van der Waals surface area (Å²) in [5.74, 6) is 2.26. The van der Waals surface area contributed by atoms with E-state index in [-0.39, 0.29) is 35.8 Å². The molecule has 3 unspecified atom stereocenters. The Morgan fingerprint density at radius 1 is 1.02 bits per heavy atom. The van der Waals surface area contributed by atoms with E-state index in [4.69, 9.17) is 4.74 Å². The highest BCUT2D eigenvalue weighted by Crippen LogP contribution is 2.60. The fourth-order valence-corrected chi connectivity index (χ4v) is 8.84. The van der Waals surface area contributed by atoms with Gasteiger partial charge in [0.15, 0.2) is 0 Å². The molecular weight excluding hydrogens is 623 g/mol. The van der Waals surface area contributed by atoms with Crippen LogP contribution in [-0.2, 0) is 11.3 Å². The summed E-state index contributed by atoms with van der Waals surface area (Å²) < 4.78 is 48.2. The lowest BCUT2D eigenvalue weighted by atomic mass is 9.47. The van der Waals surface area contributed by atoms with E-state index in [9.17, 15) is 23.2 Å². The van der Waals surface area contributed by atoms with Crippen molar-refractivity contribution in [3.05, 3.63) is 41.6 Å². The number of anilines is 2. The Morgan fingerprint density at radius 2 is 1.71 bits per heavy atom. The number of aromatic nitrogens is 2. The van der Waals surface area contributed by atoms with Crippen LogP contribution in [0.3, 0.4) is 0 Å². The average molecular weight is 670 g/mol. The maximum atomic E-state index is 12.9. The minimum absolute atomic E-state index is 0.0167. The molecule has 5 fully saturated rings. The first-order valence-electron chi connectivity index (χ1n) is 17.1. The molecule has 1 aromatic carbocycles. The van der Waals surface area contributed by atoms with E-state index in [1.54, 1.807) is 12.1 Å². The maximum absolute atomic E-state index is 12.9. The molecule has 0 saturated heterocycles. The maximum Gasteiger partial charge on any atom is 0.573 e. The van der Waals surface area contributed by atoms with E-state index in [0.29, 0.717) is 53.3 Å². The van der Waals surface area contributed by atoms with Crippen molar-refractivity contribution >= 4 is 17.9 Å². The predicted octanol–water partition coefficient (Wildman–Crippen LogP) is 6.89. The molecule has 1 heterocycles. The van der Waals surface area contributed by atoms with Gasteiger partial charge in [-0.2, -0.15) is 10.2 Å². The van der Waals surface area contributed by atoms with Crippen molar-refractivity contribution in [2.24, 2.45) is 23.2 Å². The summed E-state index contributed by atoms with van der Waals surface area (Å²) in [6.45, 7) is 6.35. The van der Waals surface area contributed by atoms with Gasteiger partial charge >= 0.3 is 12.5 Å². The fraction of sp³-hybridized carbons (Fsp3) is 0.657. The fourth-order valence-electron chi connectivity index (χ4n) is 8.84. The van der Waals surface area contributed by atoms with Gasteiger partial charge in [0.2, 0.25) is 5.95 Å². The first kappa shape index (κ1) is 34.1. The molecule has 0 aliphatic heterocycles. The van der Waals surface area contributed by atoms with Gasteiger partial charge in [0.25, 0.3) is 0 Å². The van der Waals surface area contributed by atoms with Crippen LogP contribution in [0.5, 0.6) is 5.75 Å². The third kappa shape index (κ3) is 8.43. The van der Waals surface area contributed by atoms with Crippen molar-refractivity contribution in [1.82, 2.24) is 20.6 Å². The van der Waals surface area contributed by atoms with Crippen LogP contribution in [0.15, 0.2) is 30.5 Å². The summed E-state index contributed by atoms with van der Waals surface area (Å²) in [6, 6.07) is 9.20. The van der Waals surface area contributed by atoms with Crippen molar-refractivity contribution < 1.29 is 27.4 Å². The Balaban J connectivity index is 1.03. The molecule has 13 heteroatoms. The summed E-state index contributed by atoms with van der Waals surface area (Å²) >= 11 is 0. The van der Waals surface area contributed by atoms with E-state index >= 15 is 0 Å². The minimum atomic E-state index is -4.80. The lowest BCUT2D eigenvalue weighted by Gasteiger charge is -2.61. The highest BCUT2D eigenvalue weighted by atomic mass is 19.4. The molecule has 5 aliphatic carbocycles. The van der Waals surface area contributed by atoms with Gasteiger partial charge in [-0.15, -0.1) is 13.2 Å². The number of nitriles is 1. The topological polar surface area (TPSA) is 133 Å². The number of alkyl carbamates (subject to hydrolysis) is 1. The lowest BCUT2D eigenvalue weighted by Crippen LogP contribution is -2.61. The van der Waals surface area contributed by atoms with Crippen LogP contribution in [0.1, 0.15) is 89.7 Å². The number of ether oxygens (including phenoxy) is 2. The molecule has 10 nitrogen and oxygen atoms in total. The minimum Gasteiger partial charge on any atom is -0.444 e. The van der Waals surface area contributed by atoms with Gasteiger partial charge in [0.05, 0.1) is 6.20 Å². The second kappa shape index (κ2) is 13.6. The van der Waals surface area contributed by atoms with Gasteiger partial charge in [-0.3, -0.25) is 0 Å². The molecule has 4 bridgehead atoms. The number of benzene rings is 1. The summed E-state index contributed by atoms with van der Waals surface area (Å²) in [6.07, 6.45) is 6.16. The smallest absolute Gasteiger partial charge is 0.444 e. The van der Waals surface area contributed by atoms with Crippen molar-refractivity contribution in [3.63, 3.8) is 0 Å². The third-order valence-electron chi connectivity index (χ3n) is 10.5. The van der Waals surface area contributed by atoms with Gasteiger partial charge in [0, 0.05) is 36.8 Å². The monoisotopic (exact) mass is 669 g/mol. The molecule has 48 heavy (non-hydrogen) atoms. The van der Waals surface area contributed by atoms with Gasteiger partial charge in [-0.1, -0.05) is 18.2 Å². The van der Waals surface area contributed by atoms with Crippen LogP contribution in [0, 0.1) is 34.5 Å². The van der Waals surface area contributed by atoms with E-state index in [1.165, 1.54) is 31.2 Å². The largest absolute Gasteiger partial charge is 0.573 e. The zero-order valence-electron chi connectivity index (χ0n) is 27.8. The number of carbonyl (C=O) groups is 1. The zero-order valence-corrected chi connectivity index (χ0v) is 27.8. The standard InChI is InChI=1S/C35H46F3N7O3/c1-33(2,3)48-32(46)44-27-10-8-26(9-11-27)43-29-23-12-21-13-24(29)16-34(14-21,15-23)20-42-30-25(17-39)19-41-31(45-30)40-18-22-6-4-5-7-28(22)47-35(36,37)38/h4-7,19,21,23-24,26-27,29,43H,8-16,18,20H2,1-3H3,(H,44,46)(H2,40,41,42,45)/t21?,23-,24+,26?,27?,29?,34?. The van der Waals surface area contributed by atoms with Crippen molar-refractivity contribution in [3.8, 4) is 11.8 Å². The second-order valence-corrected chi connectivity index (χ2v) is 15.3. The van der Waals surface area contributed by atoms with E-state index in [0.717, 1.165) is 44.9 Å². The highest BCUT2D eigenvalue weighted by Gasteiger charge is 2.55. The summed E-state index contributed by atoms with van der Waals surface area (Å²) in [5.41, 5.74) is 0.251. The van der Waals surface area contributed by atoms with Crippen LogP contribution in [0.4, 0.5) is 29.7 Å². The lowest BCUT2D eigenvalue weighted by molar-refractivity contribution is -0.274. The van der Waals surface area contributed by atoms with Crippen molar-refractivity contribution in [1.29, 1.82) is 5.26 Å². The number of rotatable bonds is 10. The molecule has 0 spiro atoms. The number of nitrogens with one attached hydrogen (secondary N) is 4. The van der Waals surface area contributed by atoms with Gasteiger partial charge in [0.1, 0.15) is 28.8 Å². The van der Waals surface area contributed by atoms with Crippen LogP contribution >= 0.6 is 0 Å². The Kier molecular flexibility index (Phi) is 9.67. The Bertz CT molecular complexity index is 1480. The zero-order chi connectivity index (χ0) is 34.1. The SMILES string of the molecule is CC(C)(C)OC(=O)NC1CCC(NC2[C@@H]3CC4C[C@H]2CC(CNc2nc(NCc5ccccc5OC(F)(F)F)ncc2C#N)(C4)C3)CC1. The number of carbonyl (C=O) groups excluding carboxylic acids is 1. The molecule has 4 N–H and O–H groups in total. The second-order valence-electron chi connectivity index (χ2n) is 15.3. The molecular formula is C35H46F3N7O3. The van der Waals surface area contributed by atoms with Crippen molar-refractivity contribution in [2.75, 3.05) is 17.2 Å². The number of hydrogen-bond donors (Lipinski definition) is 4. The summed E-state index contributed by atoms with van der Waals surface area (Å²) in [4.78, 5) is 21.0. The summed E-state index contributed by atoms with van der Waals surface area (Å²) in [7, 11) is 0. The molecule has 1 aromatic heterocycles.